The highest BCUT2D eigenvalue weighted by Crippen LogP contribution is 2.55. The van der Waals surface area contributed by atoms with Gasteiger partial charge in [-0.15, -0.1) is 0 Å². The van der Waals surface area contributed by atoms with Crippen molar-refractivity contribution in [2.75, 3.05) is 12.4 Å². The number of carbonyl (C=O) groups is 1. The van der Waals surface area contributed by atoms with E-state index in [1.165, 1.54) is 19.2 Å². The van der Waals surface area contributed by atoms with Crippen LogP contribution in [0.1, 0.15) is 36.3 Å². The molecule has 4 rings (SSSR count). The molecule has 9 heteroatoms. The predicted molar refractivity (Wildman–Crippen MR) is 96.8 cm³/mol. The number of nitrogens with zero attached hydrogens (tertiary/aromatic N) is 2. The number of ether oxygens (including phenoxy) is 1. The Morgan fingerprint density at radius 1 is 1.31 bits per heavy atom. The van der Waals surface area contributed by atoms with Crippen molar-refractivity contribution in [1.82, 2.24) is 9.88 Å². The molecule has 1 amide bonds. The SMILES string of the molecule is COc1c(F)cccc1C1CC2CCC1(Nc1ccc(C(F)(F)F)cn1)N2C=O. The molecule has 1 aromatic heterocycles. The number of fused-ring (bicyclic) bond motifs is 2. The third-order valence-corrected chi connectivity index (χ3v) is 5.92. The van der Waals surface area contributed by atoms with Gasteiger partial charge in [-0.05, 0) is 37.5 Å². The highest BCUT2D eigenvalue weighted by molar-refractivity contribution is 5.58. The Labute approximate surface area is 164 Å². The van der Waals surface area contributed by atoms with Gasteiger partial charge < -0.3 is 15.0 Å². The Hall–Kier alpha value is -2.84. The van der Waals surface area contributed by atoms with Gasteiger partial charge in [0.2, 0.25) is 6.41 Å². The van der Waals surface area contributed by atoms with E-state index in [4.69, 9.17) is 4.74 Å². The normalized spacial score (nSPS) is 25.9. The summed E-state index contributed by atoms with van der Waals surface area (Å²) >= 11 is 0. The first-order valence-electron chi connectivity index (χ1n) is 9.17. The summed E-state index contributed by atoms with van der Waals surface area (Å²) in [5.41, 5.74) is -1.16. The molecule has 3 atom stereocenters. The summed E-state index contributed by atoms with van der Waals surface area (Å²) in [7, 11) is 1.38. The number of rotatable bonds is 5. The number of aromatic nitrogens is 1. The molecule has 2 fully saturated rings. The topological polar surface area (TPSA) is 54.5 Å². The fraction of sp³-hybridized carbons (Fsp3) is 0.400. The van der Waals surface area contributed by atoms with Gasteiger partial charge in [0.25, 0.3) is 0 Å². The van der Waals surface area contributed by atoms with Crippen LogP contribution in [0.4, 0.5) is 23.4 Å². The Morgan fingerprint density at radius 2 is 2.10 bits per heavy atom. The van der Waals surface area contributed by atoms with Crippen molar-refractivity contribution in [1.29, 1.82) is 0 Å². The number of nitrogens with one attached hydrogen (secondary N) is 1. The van der Waals surface area contributed by atoms with Crippen molar-refractivity contribution in [2.45, 2.75) is 43.1 Å². The van der Waals surface area contributed by atoms with E-state index >= 15 is 0 Å². The van der Waals surface area contributed by atoms with E-state index in [-0.39, 0.29) is 23.5 Å². The summed E-state index contributed by atoms with van der Waals surface area (Å²) in [5, 5.41) is 3.18. The molecule has 2 aliphatic rings. The van der Waals surface area contributed by atoms with Crippen LogP contribution >= 0.6 is 0 Å². The molecule has 29 heavy (non-hydrogen) atoms. The van der Waals surface area contributed by atoms with E-state index < -0.39 is 23.2 Å². The van der Waals surface area contributed by atoms with Crippen LogP contribution in [0.25, 0.3) is 0 Å². The molecule has 0 aliphatic carbocycles. The van der Waals surface area contributed by atoms with Crippen LogP contribution in [-0.2, 0) is 11.0 Å². The van der Waals surface area contributed by atoms with E-state index in [2.05, 4.69) is 10.3 Å². The van der Waals surface area contributed by atoms with E-state index in [0.717, 1.165) is 25.1 Å². The quantitative estimate of drug-likeness (QED) is 0.595. The standard InChI is InChI=1S/C20H19F4N3O2/c1-29-18-14(3-2-4-16(18)21)15-9-13-7-8-19(15,27(13)11-28)26-17-6-5-12(10-25-17)20(22,23)24/h2-6,10-11,13,15H,7-9H2,1H3,(H,25,26). The zero-order valence-electron chi connectivity index (χ0n) is 15.5. The van der Waals surface area contributed by atoms with Gasteiger partial charge in [-0.1, -0.05) is 12.1 Å². The summed E-state index contributed by atoms with van der Waals surface area (Å²) in [5.74, 6) is -0.486. The second-order valence-electron chi connectivity index (χ2n) is 7.33. The number of alkyl halides is 3. The largest absolute Gasteiger partial charge is 0.493 e. The second-order valence-corrected chi connectivity index (χ2v) is 7.33. The first kappa shape index (κ1) is 19.5. The van der Waals surface area contributed by atoms with E-state index in [9.17, 15) is 22.4 Å². The fourth-order valence-corrected chi connectivity index (χ4v) is 4.68. The van der Waals surface area contributed by atoms with Gasteiger partial charge in [-0.2, -0.15) is 13.2 Å². The van der Waals surface area contributed by atoms with Crippen LogP contribution in [0.2, 0.25) is 0 Å². The first-order valence-corrected chi connectivity index (χ1v) is 9.17. The minimum atomic E-state index is -4.48. The lowest BCUT2D eigenvalue weighted by Crippen LogP contribution is -2.50. The summed E-state index contributed by atoms with van der Waals surface area (Å²) in [6, 6.07) is 6.76. The van der Waals surface area contributed by atoms with Crippen molar-refractivity contribution in [3.8, 4) is 5.75 Å². The molecule has 0 saturated carbocycles. The summed E-state index contributed by atoms with van der Waals surface area (Å²) in [4.78, 5) is 17.4. The fourth-order valence-electron chi connectivity index (χ4n) is 4.68. The number of pyridine rings is 1. The van der Waals surface area contributed by atoms with Crippen molar-refractivity contribution in [2.24, 2.45) is 0 Å². The molecular weight excluding hydrogens is 390 g/mol. The zero-order valence-corrected chi connectivity index (χ0v) is 15.5. The van der Waals surface area contributed by atoms with Crippen molar-refractivity contribution in [3.05, 3.63) is 53.5 Å². The summed E-state index contributed by atoms with van der Waals surface area (Å²) < 4.78 is 58.0. The molecule has 2 aliphatic heterocycles. The van der Waals surface area contributed by atoms with E-state index in [1.54, 1.807) is 17.0 Å². The average Bonchev–Trinajstić information content (AvgIpc) is 3.18. The average molecular weight is 409 g/mol. The minimum Gasteiger partial charge on any atom is -0.493 e. The lowest BCUT2D eigenvalue weighted by Gasteiger charge is -2.39. The van der Waals surface area contributed by atoms with Crippen LogP contribution in [0.5, 0.6) is 5.75 Å². The number of hydrogen-bond acceptors (Lipinski definition) is 4. The molecular formula is C20H19F4N3O2. The molecule has 1 N–H and O–H groups in total. The molecule has 3 heterocycles. The van der Waals surface area contributed by atoms with Crippen LogP contribution in [0, 0.1) is 5.82 Å². The highest BCUT2D eigenvalue weighted by atomic mass is 19.4. The monoisotopic (exact) mass is 409 g/mol. The van der Waals surface area contributed by atoms with E-state index in [1.807, 2.05) is 0 Å². The zero-order chi connectivity index (χ0) is 20.8. The summed E-state index contributed by atoms with van der Waals surface area (Å²) in [6.45, 7) is 0. The maximum absolute atomic E-state index is 14.3. The van der Waals surface area contributed by atoms with Crippen LogP contribution in [0.15, 0.2) is 36.5 Å². The van der Waals surface area contributed by atoms with Gasteiger partial charge >= 0.3 is 6.18 Å². The number of anilines is 1. The van der Waals surface area contributed by atoms with Crippen molar-refractivity contribution < 1.29 is 27.1 Å². The first-order chi connectivity index (χ1) is 13.8. The molecule has 0 radical (unpaired) electrons. The molecule has 2 aromatic rings. The number of para-hydroxylation sites is 1. The molecule has 0 spiro atoms. The third kappa shape index (κ3) is 3.08. The second kappa shape index (κ2) is 6.89. The van der Waals surface area contributed by atoms with E-state index in [0.29, 0.717) is 18.4 Å². The Kier molecular flexibility index (Phi) is 4.63. The number of halogens is 4. The molecule has 2 bridgehead atoms. The van der Waals surface area contributed by atoms with Gasteiger partial charge in [0.15, 0.2) is 11.6 Å². The van der Waals surface area contributed by atoms with Gasteiger partial charge in [-0.25, -0.2) is 9.37 Å². The molecule has 2 saturated heterocycles. The number of carbonyl (C=O) groups excluding carboxylic acids is 1. The van der Waals surface area contributed by atoms with Gasteiger partial charge in [0, 0.05) is 23.7 Å². The Bertz CT molecular complexity index is 919. The number of amides is 1. The highest BCUT2D eigenvalue weighted by Gasteiger charge is 2.59. The number of hydrogen-bond donors (Lipinski definition) is 1. The lowest BCUT2D eigenvalue weighted by molar-refractivity contribution is -0.137. The van der Waals surface area contributed by atoms with Gasteiger partial charge in [0.05, 0.1) is 12.7 Å². The summed E-state index contributed by atoms with van der Waals surface area (Å²) in [6.07, 6.45) is -1.11. The molecule has 3 unspecified atom stereocenters. The molecule has 5 nitrogen and oxygen atoms in total. The van der Waals surface area contributed by atoms with Gasteiger partial charge in [0.1, 0.15) is 11.5 Å². The number of methoxy groups -OCH3 is 1. The van der Waals surface area contributed by atoms with Crippen LogP contribution in [0.3, 0.4) is 0 Å². The Morgan fingerprint density at radius 3 is 2.72 bits per heavy atom. The smallest absolute Gasteiger partial charge is 0.417 e. The Balaban J connectivity index is 1.73. The van der Waals surface area contributed by atoms with Crippen molar-refractivity contribution >= 4 is 12.2 Å². The maximum Gasteiger partial charge on any atom is 0.417 e. The van der Waals surface area contributed by atoms with Crippen molar-refractivity contribution in [3.63, 3.8) is 0 Å². The maximum atomic E-state index is 14.3. The minimum absolute atomic E-state index is 0.0487. The lowest BCUT2D eigenvalue weighted by atomic mass is 9.78. The van der Waals surface area contributed by atoms with Crippen LogP contribution < -0.4 is 10.1 Å². The third-order valence-electron chi connectivity index (χ3n) is 5.92. The van der Waals surface area contributed by atoms with Crippen LogP contribution in [-0.4, -0.2) is 35.1 Å². The molecule has 154 valence electrons. The number of benzene rings is 1. The predicted octanol–water partition coefficient (Wildman–Crippen LogP) is 4.16. The molecule has 1 aromatic carbocycles. The van der Waals surface area contributed by atoms with Gasteiger partial charge in [-0.3, -0.25) is 4.79 Å².